The lowest BCUT2D eigenvalue weighted by atomic mass is 9.76. The number of nitrogens with one attached hydrogen (secondary N) is 1. The summed E-state index contributed by atoms with van der Waals surface area (Å²) >= 11 is 0. The van der Waals surface area contributed by atoms with E-state index in [1.165, 1.54) is 0 Å². The smallest absolute Gasteiger partial charge is 0.320 e. The van der Waals surface area contributed by atoms with Crippen LogP contribution in [0.25, 0.3) is 10.9 Å². The normalized spacial score (nSPS) is 23.0. The Labute approximate surface area is 152 Å². The maximum atomic E-state index is 11.9. The molecule has 0 bridgehead atoms. The Morgan fingerprint density at radius 2 is 2.04 bits per heavy atom. The first-order valence-corrected chi connectivity index (χ1v) is 9.24. The van der Waals surface area contributed by atoms with E-state index in [9.17, 15) is 14.7 Å². The summed E-state index contributed by atoms with van der Waals surface area (Å²) in [6, 6.07) is 7.85. The number of carbonyl (C=O) groups is 2. The molecule has 2 aliphatic heterocycles. The minimum atomic E-state index is -0.737. The molecule has 0 radical (unpaired) electrons. The highest BCUT2D eigenvalue weighted by Crippen LogP contribution is 2.44. The molecule has 2 aromatic rings. The first kappa shape index (κ1) is 17.1. The van der Waals surface area contributed by atoms with Crippen LogP contribution >= 0.6 is 0 Å². The monoisotopic (exact) mass is 355 g/mol. The van der Waals surface area contributed by atoms with E-state index in [-0.39, 0.29) is 11.3 Å². The molecule has 2 aliphatic rings. The fourth-order valence-electron chi connectivity index (χ4n) is 4.65. The molecule has 1 atom stereocenters. The Balaban J connectivity index is 1.51. The summed E-state index contributed by atoms with van der Waals surface area (Å²) in [5.41, 5.74) is 2.26. The predicted molar refractivity (Wildman–Crippen MR) is 98.7 cm³/mol. The number of carboxylic acids is 1. The average molecular weight is 355 g/mol. The van der Waals surface area contributed by atoms with Crippen molar-refractivity contribution in [2.45, 2.75) is 38.8 Å². The van der Waals surface area contributed by atoms with E-state index in [0.29, 0.717) is 13.0 Å². The minimum absolute atomic E-state index is 0.0210. The van der Waals surface area contributed by atoms with Crippen molar-refractivity contribution in [1.82, 2.24) is 14.8 Å². The molecule has 1 aromatic carbocycles. The first-order valence-electron chi connectivity index (χ1n) is 9.24. The van der Waals surface area contributed by atoms with Gasteiger partial charge in [0.15, 0.2) is 0 Å². The van der Waals surface area contributed by atoms with Crippen LogP contribution in [0.4, 0.5) is 0 Å². The number of hydrogen-bond donors (Lipinski definition) is 2. The maximum Gasteiger partial charge on any atom is 0.320 e. The highest BCUT2D eigenvalue weighted by molar-refractivity contribution is 5.80. The summed E-state index contributed by atoms with van der Waals surface area (Å²) in [4.78, 5) is 30.6. The number of rotatable bonds is 3. The van der Waals surface area contributed by atoms with E-state index in [0.717, 1.165) is 48.9 Å². The second-order valence-electron chi connectivity index (χ2n) is 7.87. The van der Waals surface area contributed by atoms with Crippen molar-refractivity contribution in [3.63, 3.8) is 0 Å². The number of carbonyl (C=O) groups excluding carboxylic acids is 1. The zero-order chi connectivity index (χ0) is 18.3. The summed E-state index contributed by atoms with van der Waals surface area (Å²) in [6.07, 6.45) is 4.38. The molecule has 6 heteroatoms. The van der Waals surface area contributed by atoms with Gasteiger partial charge in [0.1, 0.15) is 6.04 Å². The SMILES string of the molecule is CC(=O)N1CCC2(CC1)CC(C(=O)O)N(Cc1ccc3[nH]ccc3c1)C2. The Bertz CT molecular complexity index is 836. The zero-order valence-electron chi connectivity index (χ0n) is 15.1. The van der Waals surface area contributed by atoms with Crippen LogP contribution in [0.1, 0.15) is 31.7 Å². The van der Waals surface area contributed by atoms with Gasteiger partial charge in [-0.05, 0) is 53.8 Å². The third kappa shape index (κ3) is 3.09. The molecule has 0 saturated carbocycles. The van der Waals surface area contributed by atoms with Crippen molar-refractivity contribution in [2.75, 3.05) is 19.6 Å². The van der Waals surface area contributed by atoms with Gasteiger partial charge < -0.3 is 15.0 Å². The molecule has 0 aliphatic carbocycles. The van der Waals surface area contributed by atoms with Crippen LogP contribution in [0, 0.1) is 5.41 Å². The molecule has 26 heavy (non-hydrogen) atoms. The molecule has 4 rings (SSSR count). The van der Waals surface area contributed by atoms with E-state index in [1.54, 1.807) is 6.92 Å². The number of aliphatic carboxylic acids is 1. The number of H-pyrrole nitrogens is 1. The predicted octanol–water partition coefficient (Wildman–Crippen LogP) is 2.46. The molecule has 6 nitrogen and oxygen atoms in total. The van der Waals surface area contributed by atoms with Crippen molar-refractivity contribution in [2.24, 2.45) is 5.41 Å². The number of nitrogens with zero attached hydrogens (tertiary/aromatic N) is 2. The van der Waals surface area contributed by atoms with Crippen molar-refractivity contribution < 1.29 is 14.7 Å². The summed E-state index contributed by atoms with van der Waals surface area (Å²) in [6.45, 7) is 4.53. The van der Waals surface area contributed by atoms with Gasteiger partial charge in [0.2, 0.25) is 5.91 Å². The van der Waals surface area contributed by atoms with Crippen LogP contribution in [-0.2, 0) is 16.1 Å². The molecule has 2 N–H and O–H groups in total. The molecule has 1 amide bonds. The van der Waals surface area contributed by atoms with Gasteiger partial charge in [-0.2, -0.15) is 0 Å². The standard InChI is InChI=1S/C20H25N3O3/c1-14(24)22-8-5-20(6-9-22)11-18(19(25)26)23(13-20)12-15-2-3-17-16(10-15)4-7-21-17/h2-4,7,10,18,21H,5-6,8-9,11-13H2,1H3,(H,25,26). The third-order valence-electron chi connectivity index (χ3n) is 6.16. The summed E-state index contributed by atoms with van der Waals surface area (Å²) in [5.74, 6) is -0.622. The van der Waals surface area contributed by atoms with Crippen molar-refractivity contribution in [1.29, 1.82) is 0 Å². The molecule has 1 aromatic heterocycles. The van der Waals surface area contributed by atoms with E-state index in [2.05, 4.69) is 28.1 Å². The van der Waals surface area contributed by atoms with Crippen LogP contribution in [0.2, 0.25) is 0 Å². The average Bonchev–Trinajstić information content (AvgIpc) is 3.20. The van der Waals surface area contributed by atoms with Gasteiger partial charge in [-0.25, -0.2) is 0 Å². The van der Waals surface area contributed by atoms with E-state index in [4.69, 9.17) is 0 Å². The van der Waals surface area contributed by atoms with Gasteiger partial charge in [-0.3, -0.25) is 14.5 Å². The van der Waals surface area contributed by atoms with Gasteiger partial charge in [-0.1, -0.05) is 6.07 Å². The van der Waals surface area contributed by atoms with Crippen LogP contribution in [0.3, 0.4) is 0 Å². The fraction of sp³-hybridized carbons (Fsp3) is 0.500. The van der Waals surface area contributed by atoms with Crippen molar-refractivity contribution in [3.8, 4) is 0 Å². The number of piperidine rings is 1. The van der Waals surface area contributed by atoms with Crippen LogP contribution in [0.15, 0.2) is 30.5 Å². The van der Waals surface area contributed by atoms with Crippen LogP contribution in [-0.4, -0.2) is 57.4 Å². The molecule has 2 saturated heterocycles. The summed E-state index contributed by atoms with van der Waals surface area (Å²) in [5, 5.41) is 10.9. The van der Waals surface area contributed by atoms with Gasteiger partial charge >= 0.3 is 5.97 Å². The molecule has 138 valence electrons. The Morgan fingerprint density at radius 3 is 2.73 bits per heavy atom. The second kappa shape index (κ2) is 6.43. The number of amides is 1. The van der Waals surface area contributed by atoms with Gasteiger partial charge in [-0.15, -0.1) is 0 Å². The molecule has 2 fully saturated rings. The summed E-state index contributed by atoms with van der Waals surface area (Å²) in [7, 11) is 0. The number of carboxylic acid groups (broad SMARTS) is 1. The summed E-state index contributed by atoms with van der Waals surface area (Å²) < 4.78 is 0. The van der Waals surface area contributed by atoms with Gasteiger partial charge in [0.25, 0.3) is 0 Å². The zero-order valence-corrected chi connectivity index (χ0v) is 15.1. The molecule has 3 heterocycles. The number of fused-ring (bicyclic) bond motifs is 1. The number of hydrogen-bond acceptors (Lipinski definition) is 3. The van der Waals surface area contributed by atoms with Crippen LogP contribution < -0.4 is 0 Å². The van der Waals surface area contributed by atoms with E-state index in [1.807, 2.05) is 17.2 Å². The lowest BCUT2D eigenvalue weighted by Gasteiger charge is -2.39. The lowest BCUT2D eigenvalue weighted by Crippen LogP contribution is -2.43. The number of aromatic nitrogens is 1. The lowest BCUT2D eigenvalue weighted by molar-refractivity contribution is -0.142. The molecule has 1 spiro atoms. The molecular formula is C20H25N3O3. The number of benzene rings is 1. The highest BCUT2D eigenvalue weighted by Gasteiger charge is 2.48. The van der Waals surface area contributed by atoms with Gasteiger partial charge in [0, 0.05) is 44.8 Å². The number of aromatic amines is 1. The number of likely N-dealkylation sites (tertiary alicyclic amines) is 2. The van der Waals surface area contributed by atoms with Crippen molar-refractivity contribution in [3.05, 3.63) is 36.0 Å². The molecule has 1 unspecified atom stereocenters. The first-order chi connectivity index (χ1) is 12.5. The minimum Gasteiger partial charge on any atom is -0.480 e. The topological polar surface area (TPSA) is 76.6 Å². The Morgan fingerprint density at radius 1 is 1.27 bits per heavy atom. The quantitative estimate of drug-likeness (QED) is 0.887. The Kier molecular flexibility index (Phi) is 4.23. The highest BCUT2D eigenvalue weighted by atomic mass is 16.4. The third-order valence-corrected chi connectivity index (χ3v) is 6.16. The van der Waals surface area contributed by atoms with E-state index >= 15 is 0 Å². The second-order valence-corrected chi connectivity index (χ2v) is 7.87. The van der Waals surface area contributed by atoms with Crippen molar-refractivity contribution >= 4 is 22.8 Å². The fourth-order valence-corrected chi connectivity index (χ4v) is 4.65. The largest absolute Gasteiger partial charge is 0.480 e. The molecular weight excluding hydrogens is 330 g/mol. The van der Waals surface area contributed by atoms with Crippen LogP contribution in [0.5, 0.6) is 0 Å². The maximum absolute atomic E-state index is 11.9. The Hall–Kier alpha value is -2.34. The van der Waals surface area contributed by atoms with E-state index < -0.39 is 12.0 Å². The van der Waals surface area contributed by atoms with Gasteiger partial charge in [0.05, 0.1) is 0 Å².